The second-order valence-corrected chi connectivity index (χ2v) is 7.48. The number of benzene rings is 1. The lowest BCUT2D eigenvalue weighted by Gasteiger charge is -2.28. The Kier molecular flexibility index (Phi) is 5.81. The molecule has 0 spiro atoms. The van der Waals surface area contributed by atoms with Crippen molar-refractivity contribution in [3.05, 3.63) is 77.2 Å². The molecule has 30 heavy (non-hydrogen) atoms. The number of aliphatic hydroxyl groups excluding tert-OH is 1. The highest BCUT2D eigenvalue weighted by molar-refractivity contribution is 6.14. The Hall–Kier alpha value is -3.19. The first-order valence-corrected chi connectivity index (χ1v) is 10.0. The van der Waals surface area contributed by atoms with E-state index in [4.69, 9.17) is 4.42 Å². The summed E-state index contributed by atoms with van der Waals surface area (Å²) in [6, 6.07) is 8.32. The Balaban J connectivity index is 1.64. The Bertz CT molecular complexity index is 990. The SMILES string of the molecule is O=C(/C=C/c1ccco1)C1=C(O)C(=O)N(CCN2CCCC2)C1c1cccc(F)c1. The number of aliphatic hydroxyl groups is 1. The molecule has 1 aromatic heterocycles. The van der Waals surface area contributed by atoms with Crippen molar-refractivity contribution in [3.63, 3.8) is 0 Å². The fourth-order valence-electron chi connectivity index (χ4n) is 4.05. The molecule has 1 saturated heterocycles. The van der Waals surface area contributed by atoms with Crippen LogP contribution in [0, 0.1) is 5.82 Å². The minimum atomic E-state index is -0.843. The number of ketones is 1. The van der Waals surface area contributed by atoms with E-state index in [0.717, 1.165) is 25.9 Å². The molecule has 1 atom stereocenters. The molecular weight excluding hydrogens is 387 g/mol. The molecular formula is C23H23FN2O4. The third-order valence-electron chi connectivity index (χ3n) is 5.53. The molecule has 2 aromatic rings. The zero-order valence-corrected chi connectivity index (χ0v) is 16.5. The molecule has 4 rings (SSSR count). The number of rotatable bonds is 7. The van der Waals surface area contributed by atoms with Crippen LogP contribution in [0.15, 0.2) is 64.5 Å². The predicted molar refractivity (Wildman–Crippen MR) is 109 cm³/mol. The number of furan rings is 1. The summed E-state index contributed by atoms with van der Waals surface area (Å²) in [5.41, 5.74) is 0.401. The van der Waals surface area contributed by atoms with Gasteiger partial charge >= 0.3 is 0 Å². The van der Waals surface area contributed by atoms with Crippen LogP contribution in [0.3, 0.4) is 0 Å². The normalized spacial score (nSPS) is 20.1. The van der Waals surface area contributed by atoms with Gasteiger partial charge in [0.25, 0.3) is 5.91 Å². The quantitative estimate of drug-likeness (QED) is 0.708. The molecule has 0 aliphatic carbocycles. The van der Waals surface area contributed by atoms with Crippen LogP contribution in [0.5, 0.6) is 0 Å². The predicted octanol–water partition coefficient (Wildman–Crippen LogP) is 3.49. The number of carbonyl (C=O) groups is 2. The Morgan fingerprint density at radius 1 is 1.20 bits per heavy atom. The summed E-state index contributed by atoms with van der Waals surface area (Å²) < 4.78 is 19.1. The van der Waals surface area contributed by atoms with Gasteiger partial charge in [-0.2, -0.15) is 0 Å². The van der Waals surface area contributed by atoms with Crippen LogP contribution in [0.25, 0.3) is 6.08 Å². The molecule has 1 amide bonds. The molecule has 3 heterocycles. The van der Waals surface area contributed by atoms with E-state index in [1.165, 1.54) is 41.5 Å². The van der Waals surface area contributed by atoms with Crippen molar-refractivity contribution in [1.82, 2.24) is 9.80 Å². The van der Waals surface area contributed by atoms with Gasteiger partial charge < -0.3 is 19.3 Å². The highest BCUT2D eigenvalue weighted by Gasteiger charge is 2.43. The number of amides is 1. The number of carbonyl (C=O) groups excluding carboxylic acids is 2. The Labute approximate surface area is 173 Å². The number of hydrogen-bond donors (Lipinski definition) is 1. The molecule has 1 N–H and O–H groups in total. The molecule has 0 saturated carbocycles. The van der Waals surface area contributed by atoms with Gasteiger partial charge in [0.1, 0.15) is 11.6 Å². The summed E-state index contributed by atoms with van der Waals surface area (Å²) in [7, 11) is 0. The molecule has 2 aliphatic rings. The zero-order chi connectivity index (χ0) is 21.1. The van der Waals surface area contributed by atoms with Crippen LogP contribution in [-0.2, 0) is 9.59 Å². The first-order chi connectivity index (χ1) is 14.5. The standard InChI is InChI=1S/C23H23FN2O4/c24-17-6-3-5-16(15-17)21-20(19(27)9-8-18-7-4-14-30-18)22(28)23(29)26(21)13-12-25-10-1-2-11-25/h3-9,14-15,21,28H,1-2,10-13H2/b9-8+. The maximum absolute atomic E-state index is 13.9. The summed E-state index contributed by atoms with van der Waals surface area (Å²) in [5, 5.41) is 10.6. The van der Waals surface area contributed by atoms with E-state index in [1.807, 2.05) is 0 Å². The lowest BCUT2D eigenvalue weighted by molar-refractivity contribution is -0.129. The minimum Gasteiger partial charge on any atom is -0.503 e. The van der Waals surface area contributed by atoms with Gasteiger partial charge in [0.15, 0.2) is 11.5 Å². The van der Waals surface area contributed by atoms with Crippen LogP contribution in [0.2, 0.25) is 0 Å². The third kappa shape index (κ3) is 4.07. The van der Waals surface area contributed by atoms with Crippen LogP contribution < -0.4 is 0 Å². The minimum absolute atomic E-state index is 0.0465. The van der Waals surface area contributed by atoms with Gasteiger partial charge in [-0.1, -0.05) is 12.1 Å². The van der Waals surface area contributed by atoms with Gasteiger partial charge in [-0.05, 0) is 67.9 Å². The first-order valence-electron chi connectivity index (χ1n) is 10.0. The largest absolute Gasteiger partial charge is 0.503 e. The van der Waals surface area contributed by atoms with E-state index in [0.29, 0.717) is 24.4 Å². The van der Waals surface area contributed by atoms with E-state index < -0.39 is 29.3 Å². The summed E-state index contributed by atoms with van der Waals surface area (Å²) in [5.74, 6) is -1.71. The molecule has 7 heteroatoms. The molecule has 2 aliphatic heterocycles. The van der Waals surface area contributed by atoms with Crippen molar-refractivity contribution >= 4 is 17.8 Å². The molecule has 0 bridgehead atoms. The number of hydrogen-bond acceptors (Lipinski definition) is 5. The van der Waals surface area contributed by atoms with Crippen molar-refractivity contribution < 1.29 is 23.5 Å². The average Bonchev–Trinajstić information content (AvgIpc) is 3.48. The Morgan fingerprint density at radius 3 is 2.70 bits per heavy atom. The fraction of sp³-hybridized carbons (Fsp3) is 0.304. The van der Waals surface area contributed by atoms with Crippen molar-refractivity contribution in [2.24, 2.45) is 0 Å². The number of halogens is 1. The monoisotopic (exact) mass is 410 g/mol. The number of allylic oxidation sites excluding steroid dienone is 1. The van der Waals surface area contributed by atoms with E-state index in [2.05, 4.69) is 4.90 Å². The lowest BCUT2D eigenvalue weighted by atomic mass is 9.95. The zero-order valence-electron chi connectivity index (χ0n) is 16.5. The van der Waals surface area contributed by atoms with Crippen molar-refractivity contribution in [2.75, 3.05) is 26.2 Å². The highest BCUT2D eigenvalue weighted by atomic mass is 19.1. The molecule has 0 radical (unpaired) electrons. The first kappa shape index (κ1) is 20.1. The maximum atomic E-state index is 13.9. The van der Waals surface area contributed by atoms with Crippen LogP contribution >= 0.6 is 0 Å². The summed E-state index contributed by atoms with van der Waals surface area (Å²) in [4.78, 5) is 29.5. The van der Waals surface area contributed by atoms with Crippen molar-refractivity contribution in [3.8, 4) is 0 Å². The van der Waals surface area contributed by atoms with Crippen LogP contribution in [0.4, 0.5) is 4.39 Å². The second-order valence-electron chi connectivity index (χ2n) is 7.48. The van der Waals surface area contributed by atoms with Gasteiger partial charge in [-0.25, -0.2) is 4.39 Å². The van der Waals surface area contributed by atoms with Gasteiger partial charge in [-0.3, -0.25) is 9.59 Å². The van der Waals surface area contributed by atoms with Crippen LogP contribution in [-0.4, -0.2) is 52.8 Å². The Morgan fingerprint density at radius 2 is 2.00 bits per heavy atom. The van der Waals surface area contributed by atoms with E-state index in [-0.39, 0.29) is 5.57 Å². The second kappa shape index (κ2) is 8.67. The van der Waals surface area contributed by atoms with Crippen LogP contribution in [0.1, 0.15) is 30.2 Å². The summed E-state index contributed by atoms with van der Waals surface area (Å²) >= 11 is 0. The summed E-state index contributed by atoms with van der Waals surface area (Å²) in [6.45, 7) is 2.89. The lowest BCUT2D eigenvalue weighted by Crippen LogP contribution is -2.37. The van der Waals surface area contributed by atoms with Gasteiger partial charge in [0, 0.05) is 13.1 Å². The van der Waals surface area contributed by atoms with Crippen molar-refractivity contribution in [1.29, 1.82) is 0 Å². The molecule has 1 fully saturated rings. The van der Waals surface area contributed by atoms with Gasteiger partial charge in [0.2, 0.25) is 0 Å². The fourth-order valence-corrected chi connectivity index (χ4v) is 4.05. The van der Waals surface area contributed by atoms with E-state index in [9.17, 15) is 19.1 Å². The molecule has 6 nitrogen and oxygen atoms in total. The van der Waals surface area contributed by atoms with Gasteiger partial charge in [0.05, 0.1) is 17.9 Å². The van der Waals surface area contributed by atoms with E-state index in [1.54, 1.807) is 18.2 Å². The van der Waals surface area contributed by atoms with Crippen molar-refractivity contribution in [2.45, 2.75) is 18.9 Å². The molecule has 1 aromatic carbocycles. The number of nitrogens with zero attached hydrogens (tertiary/aromatic N) is 2. The van der Waals surface area contributed by atoms with Gasteiger partial charge in [-0.15, -0.1) is 0 Å². The topological polar surface area (TPSA) is 74.0 Å². The maximum Gasteiger partial charge on any atom is 0.290 e. The molecule has 156 valence electrons. The van der Waals surface area contributed by atoms with E-state index >= 15 is 0 Å². The number of likely N-dealkylation sites (tertiary alicyclic amines) is 1. The highest BCUT2D eigenvalue weighted by Crippen LogP contribution is 2.38. The summed E-state index contributed by atoms with van der Waals surface area (Å²) in [6.07, 6.45) is 6.45. The average molecular weight is 410 g/mol. The third-order valence-corrected chi connectivity index (χ3v) is 5.53. The smallest absolute Gasteiger partial charge is 0.290 e. The molecule has 1 unspecified atom stereocenters.